The Kier molecular flexibility index (Phi) is 2.97. The number of rotatable bonds is 4. The molecule has 86 valence electrons. The van der Waals surface area contributed by atoms with E-state index in [9.17, 15) is 9.90 Å². The first-order chi connectivity index (χ1) is 7.63. The molecule has 1 unspecified atom stereocenters. The number of hydrogen-bond donors (Lipinski definition) is 1. The molecule has 1 atom stereocenters. The molecule has 16 heavy (non-hydrogen) atoms. The molecule has 0 heterocycles. The van der Waals surface area contributed by atoms with Gasteiger partial charge in [-0.3, -0.25) is 0 Å². The van der Waals surface area contributed by atoms with Gasteiger partial charge in [0.15, 0.2) is 5.60 Å². The summed E-state index contributed by atoms with van der Waals surface area (Å²) in [7, 11) is 0. The van der Waals surface area contributed by atoms with Gasteiger partial charge >= 0.3 is 5.97 Å². The maximum absolute atomic E-state index is 11.4. The summed E-state index contributed by atoms with van der Waals surface area (Å²) < 4.78 is 5.72. The van der Waals surface area contributed by atoms with Crippen molar-refractivity contribution >= 4 is 5.97 Å². The largest absolute Gasteiger partial charge is 0.479 e. The summed E-state index contributed by atoms with van der Waals surface area (Å²) in [4.78, 5) is 11.4. The molecule has 3 heteroatoms. The Hall–Kier alpha value is -1.35. The van der Waals surface area contributed by atoms with E-state index in [-0.39, 0.29) is 6.10 Å². The van der Waals surface area contributed by atoms with Crippen molar-refractivity contribution in [1.82, 2.24) is 0 Å². The molecule has 1 aromatic rings. The molecule has 1 saturated carbocycles. The number of hydrogen-bond acceptors (Lipinski definition) is 2. The second-order valence-corrected chi connectivity index (χ2v) is 4.38. The van der Waals surface area contributed by atoms with Crippen LogP contribution < -0.4 is 0 Å². The monoisotopic (exact) mass is 220 g/mol. The molecule has 3 nitrogen and oxygen atoms in total. The predicted molar refractivity (Wildman–Crippen MR) is 60.2 cm³/mol. The highest BCUT2D eigenvalue weighted by Crippen LogP contribution is 2.33. The van der Waals surface area contributed by atoms with Gasteiger partial charge in [0.2, 0.25) is 0 Å². The zero-order valence-electron chi connectivity index (χ0n) is 9.35. The van der Waals surface area contributed by atoms with Gasteiger partial charge in [0.1, 0.15) is 0 Å². The second kappa shape index (κ2) is 4.26. The Balaban J connectivity index is 2.24. The van der Waals surface area contributed by atoms with Crippen LogP contribution in [0.2, 0.25) is 0 Å². The zero-order chi connectivity index (χ0) is 11.6. The van der Waals surface area contributed by atoms with E-state index in [1.165, 1.54) is 0 Å². The summed E-state index contributed by atoms with van der Waals surface area (Å²) in [6.45, 7) is 1.63. The number of benzene rings is 1. The topological polar surface area (TPSA) is 46.5 Å². The van der Waals surface area contributed by atoms with E-state index in [1.54, 1.807) is 19.1 Å². The number of carboxylic acids is 1. The third kappa shape index (κ3) is 1.95. The van der Waals surface area contributed by atoms with Gasteiger partial charge in [-0.05, 0) is 31.7 Å². The van der Waals surface area contributed by atoms with Gasteiger partial charge < -0.3 is 9.84 Å². The molecule has 1 aliphatic rings. The molecule has 1 aromatic carbocycles. The number of carboxylic acid groups (broad SMARTS) is 1. The van der Waals surface area contributed by atoms with Crippen molar-refractivity contribution < 1.29 is 14.6 Å². The van der Waals surface area contributed by atoms with Gasteiger partial charge in [0.05, 0.1) is 6.10 Å². The first-order valence-corrected chi connectivity index (χ1v) is 5.59. The Morgan fingerprint density at radius 1 is 1.38 bits per heavy atom. The highest BCUT2D eigenvalue weighted by molar-refractivity contribution is 5.79. The lowest BCUT2D eigenvalue weighted by Gasteiger charge is -2.35. The Morgan fingerprint density at radius 2 is 2.00 bits per heavy atom. The van der Waals surface area contributed by atoms with Crippen molar-refractivity contribution in [2.75, 3.05) is 0 Å². The fourth-order valence-corrected chi connectivity index (χ4v) is 1.82. The number of carbonyl (C=O) groups is 1. The summed E-state index contributed by atoms with van der Waals surface area (Å²) in [6.07, 6.45) is 3.17. The van der Waals surface area contributed by atoms with Crippen molar-refractivity contribution in [2.45, 2.75) is 37.9 Å². The van der Waals surface area contributed by atoms with E-state index in [4.69, 9.17) is 4.74 Å². The van der Waals surface area contributed by atoms with Crippen LogP contribution in [0.4, 0.5) is 0 Å². The van der Waals surface area contributed by atoms with Crippen LogP contribution >= 0.6 is 0 Å². The fourth-order valence-electron chi connectivity index (χ4n) is 1.82. The highest BCUT2D eigenvalue weighted by Gasteiger charge is 2.39. The minimum absolute atomic E-state index is 0.0984. The lowest BCUT2D eigenvalue weighted by molar-refractivity contribution is -0.179. The molecule has 0 bridgehead atoms. The summed E-state index contributed by atoms with van der Waals surface area (Å²) in [5.74, 6) is -0.925. The summed E-state index contributed by atoms with van der Waals surface area (Å²) in [6, 6.07) is 9.13. The summed E-state index contributed by atoms with van der Waals surface area (Å²) in [5.41, 5.74) is -0.513. The third-order valence-corrected chi connectivity index (χ3v) is 3.19. The first kappa shape index (κ1) is 11.1. The fraction of sp³-hybridized carbons (Fsp3) is 0.462. The molecular weight excluding hydrogens is 204 g/mol. The van der Waals surface area contributed by atoms with Gasteiger partial charge in [0.25, 0.3) is 0 Å². The highest BCUT2D eigenvalue weighted by atomic mass is 16.5. The van der Waals surface area contributed by atoms with Gasteiger partial charge in [0, 0.05) is 0 Å². The summed E-state index contributed by atoms with van der Waals surface area (Å²) in [5, 5.41) is 9.33. The van der Waals surface area contributed by atoms with Crippen LogP contribution in [0.5, 0.6) is 0 Å². The standard InChI is InChI=1S/C13H16O3/c1-13(12(14)15,16-11-8-5-9-11)10-6-3-2-4-7-10/h2-4,6-7,11H,5,8-9H2,1H3,(H,14,15). The van der Waals surface area contributed by atoms with Gasteiger partial charge in [-0.25, -0.2) is 4.79 Å². The molecule has 1 N–H and O–H groups in total. The van der Waals surface area contributed by atoms with Crippen LogP contribution in [0, 0.1) is 0 Å². The van der Waals surface area contributed by atoms with Crippen LogP contribution in [-0.4, -0.2) is 17.2 Å². The van der Waals surface area contributed by atoms with Crippen molar-refractivity contribution in [3.8, 4) is 0 Å². The first-order valence-electron chi connectivity index (χ1n) is 5.59. The normalized spacial score (nSPS) is 19.8. The Labute approximate surface area is 95.0 Å². The van der Waals surface area contributed by atoms with Crippen LogP contribution in [0.1, 0.15) is 31.7 Å². The van der Waals surface area contributed by atoms with Crippen molar-refractivity contribution in [3.63, 3.8) is 0 Å². The van der Waals surface area contributed by atoms with Crippen LogP contribution in [0.3, 0.4) is 0 Å². The van der Waals surface area contributed by atoms with Crippen LogP contribution in [0.25, 0.3) is 0 Å². The lowest BCUT2D eigenvalue weighted by Crippen LogP contribution is -2.41. The summed E-state index contributed by atoms with van der Waals surface area (Å²) >= 11 is 0. The number of aliphatic carboxylic acids is 1. The SMILES string of the molecule is CC(OC1CCC1)(C(=O)O)c1ccccc1. The molecule has 0 radical (unpaired) electrons. The second-order valence-electron chi connectivity index (χ2n) is 4.38. The van der Waals surface area contributed by atoms with Gasteiger partial charge in [-0.15, -0.1) is 0 Å². The molecule has 0 spiro atoms. The zero-order valence-corrected chi connectivity index (χ0v) is 9.35. The smallest absolute Gasteiger partial charge is 0.340 e. The predicted octanol–water partition coefficient (Wildman–Crippen LogP) is 2.56. The van der Waals surface area contributed by atoms with Crippen LogP contribution in [0.15, 0.2) is 30.3 Å². The average molecular weight is 220 g/mol. The molecule has 0 amide bonds. The van der Waals surface area contributed by atoms with Crippen molar-refractivity contribution in [1.29, 1.82) is 0 Å². The molecule has 0 aromatic heterocycles. The third-order valence-electron chi connectivity index (χ3n) is 3.19. The molecule has 0 aliphatic heterocycles. The van der Waals surface area contributed by atoms with E-state index >= 15 is 0 Å². The van der Waals surface area contributed by atoms with E-state index in [0.717, 1.165) is 19.3 Å². The Morgan fingerprint density at radius 3 is 2.44 bits per heavy atom. The van der Waals surface area contributed by atoms with E-state index in [2.05, 4.69) is 0 Å². The minimum Gasteiger partial charge on any atom is -0.479 e. The lowest BCUT2D eigenvalue weighted by atomic mass is 9.91. The van der Waals surface area contributed by atoms with Crippen molar-refractivity contribution in [3.05, 3.63) is 35.9 Å². The molecule has 2 rings (SSSR count). The van der Waals surface area contributed by atoms with Crippen LogP contribution in [-0.2, 0) is 15.1 Å². The van der Waals surface area contributed by atoms with E-state index < -0.39 is 11.6 Å². The average Bonchev–Trinajstić information content (AvgIpc) is 2.24. The molecule has 1 aliphatic carbocycles. The molecule has 0 saturated heterocycles. The maximum Gasteiger partial charge on any atom is 0.340 e. The number of ether oxygens (including phenoxy) is 1. The van der Waals surface area contributed by atoms with E-state index in [0.29, 0.717) is 5.56 Å². The Bertz CT molecular complexity index is 370. The maximum atomic E-state index is 11.4. The molecular formula is C13H16O3. The molecule has 1 fully saturated rings. The van der Waals surface area contributed by atoms with Crippen molar-refractivity contribution in [2.24, 2.45) is 0 Å². The van der Waals surface area contributed by atoms with E-state index in [1.807, 2.05) is 18.2 Å². The quantitative estimate of drug-likeness (QED) is 0.848. The minimum atomic E-state index is -1.22. The van der Waals surface area contributed by atoms with Gasteiger partial charge in [-0.2, -0.15) is 0 Å². The van der Waals surface area contributed by atoms with Gasteiger partial charge in [-0.1, -0.05) is 30.3 Å².